The van der Waals surface area contributed by atoms with Crippen LogP contribution in [0.2, 0.25) is 0 Å². The maximum atomic E-state index is 4.91. The zero-order chi connectivity index (χ0) is 15.2. The third-order valence-corrected chi connectivity index (χ3v) is 5.92. The summed E-state index contributed by atoms with van der Waals surface area (Å²) >= 11 is 1.88. The summed E-state index contributed by atoms with van der Waals surface area (Å²) in [5.74, 6) is 2.02. The molecule has 4 heteroatoms. The topological polar surface area (TPSA) is 37.8 Å². The Morgan fingerprint density at radius 1 is 1.09 bits per heavy atom. The van der Waals surface area contributed by atoms with Crippen molar-refractivity contribution in [3.63, 3.8) is 0 Å². The van der Waals surface area contributed by atoms with Crippen LogP contribution >= 0.6 is 11.3 Å². The van der Waals surface area contributed by atoms with Crippen LogP contribution in [-0.2, 0) is 19.3 Å². The van der Waals surface area contributed by atoms with Gasteiger partial charge < -0.3 is 5.32 Å². The SMILES string of the molecule is c1ccc(Cc2nc(NC3CC3)c3c4c(sc3n2)CCC4)cc1. The van der Waals surface area contributed by atoms with Gasteiger partial charge in [-0.1, -0.05) is 30.3 Å². The van der Waals surface area contributed by atoms with Crippen LogP contribution in [0.1, 0.15) is 41.1 Å². The molecule has 0 spiro atoms. The van der Waals surface area contributed by atoms with Crippen molar-refractivity contribution >= 4 is 27.4 Å². The van der Waals surface area contributed by atoms with Gasteiger partial charge in [0.05, 0.1) is 5.39 Å². The van der Waals surface area contributed by atoms with E-state index in [0.29, 0.717) is 6.04 Å². The highest BCUT2D eigenvalue weighted by atomic mass is 32.1. The van der Waals surface area contributed by atoms with Crippen LogP contribution in [0.3, 0.4) is 0 Å². The smallest absolute Gasteiger partial charge is 0.139 e. The third kappa shape index (κ3) is 2.51. The van der Waals surface area contributed by atoms with E-state index in [1.54, 1.807) is 0 Å². The minimum absolute atomic E-state index is 0.620. The van der Waals surface area contributed by atoms with Gasteiger partial charge in [-0.25, -0.2) is 9.97 Å². The number of nitrogens with one attached hydrogen (secondary N) is 1. The number of hydrogen-bond donors (Lipinski definition) is 1. The van der Waals surface area contributed by atoms with E-state index in [1.807, 2.05) is 11.3 Å². The molecule has 0 aliphatic heterocycles. The van der Waals surface area contributed by atoms with Gasteiger partial charge in [-0.15, -0.1) is 11.3 Å². The first kappa shape index (κ1) is 13.5. The normalized spacial score (nSPS) is 16.7. The second-order valence-electron chi connectivity index (χ2n) is 6.61. The number of rotatable bonds is 4. The van der Waals surface area contributed by atoms with E-state index < -0.39 is 0 Å². The van der Waals surface area contributed by atoms with E-state index >= 15 is 0 Å². The maximum Gasteiger partial charge on any atom is 0.139 e. The van der Waals surface area contributed by atoms with Gasteiger partial charge in [-0.3, -0.25) is 0 Å². The van der Waals surface area contributed by atoms with E-state index in [4.69, 9.17) is 9.97 Å². The summed E-state index contributed by atoms with van der Waals surface area (Å²) in [6.45, 7) is 0. The van der Waals surface area contributed by atoms with Crippen molar-refractivity contribution in [1.29, 1.82) is 0 Å². The highest BCUT2D eigenvalue weighted by Gasteiger charge is 2.26. The van der Waals surface area contributed by atoms with Crippen LogP contribution in [0.15, 0.2) is 30.3 Å². The lowest BCUT2D eigenvalue weighted by atomic mass is 10.1. The predicted molar refractivity (Wildman–Crippen MR) is 95.3 cm³/mol. The van der Waals surface area contributed by atoms with Gasteiger partial charge in [0.15, 0.2) is 0 Å². The predicted octanol–water partition coefficient (Wildman–Crippen LogP) is 4.35. The van der Waals surface area contributed by atoms with Crippen molar-refractivity contribution < 1.29 is 0 Å². The maximum absolute atomic E-state index is 4.91. The van der Waals surface area contributed by atoms with Gasteiger partial charge in [-0.05, 0) is 43.2 Å². The van der Waals surface area contributed by atoms with E-state index in [2.05, 4.69) is 35.6 Å². The second-order valence-corrected chi connectivity index (χ2v) is 7.69. The lowest BCUT2D eigenvalue weighted by Crippen LogP contribution is -2.07. The molecule has 0 atom stereocenters. The molecule has 1 N–H and O–H groups in total. The van der Waals surface area contributed by atoms with Gasteiger partial charge in [0.1, 0.15) is 16.5 Å². The van der Waals surface area contributed by atoms with Crippen LogP contribution in [0, 0.1) is 0 Å². The third-order valence-electron chi connectivity index (χ3n) is 4.73. The summed E-state index contributed by atoms with van der Waals surface area (Å²) in [4.78, 5) is 12.5. The molecule has 0 saturated heterocycles. The number of thiophene rings is 1. The van der Waals surface area contributed by atoms with Crippen molar-refractivity contribution in [1.82, 2.24) is 9.97 Å². The molecule has 0 amide bonds. The fraction of sp³-hybridized carbons (Fsp3) is 0.368. The lowest BCUT2D eigenvalue weighted by Gasteiger charge is -2.09. The Morgan fingerprint density at radius 2 is 1.96 bits per heavy atom. The highest BCUT2D eigenvalue weighted by Crippen LogP contribution is 2.40. The fourth-order valence-corrected chi connectivity index (χ4v) is 4.70. The summed E-state index contributed by atoms with van der Waals surface area (Å²) < 4.78 is 0. The molecule has 0 bridgehead atoms. The molecule has 5 rings (SSSR count). The first-order valence-corrected chi connectivity index (χ1v) is 9.30. The lowest BCUT2D eigenvalue weighted by molar-refractivity contribution is 0.915. The molecule has 3 aromatic rings. The van der Waals surface area contributed by atoms with Crippen LogP contribution in [-0.4, -0.2) is 16.0 Å². The number of nitrogens with zero attached hydrogens (tertiary/aromatic N) is 2. The Hall–Kier alpha value is -1.94. The number of aryl methyl sites for hydroxylation is 2. The summed E-state index contributed by atoms with van der Waals surface area (Å²) in [5, 5.41) is 4.97. The van der Waals surface area contributed by atoms with Crippen LogP contribution in [0.4, 0.5) is 5.82 Å². The molecule has 116 valence electrons. The molecular formula is C19H19N3S. The molecule has 23 heavy (non-hydrogen) atoms. The number of fused-ring (bicyclic) bond motifs is 3. The molecule has 3 nitrogen and oxygen atoms in total. The van der Waals surface area contributed by atoms with Crippen molar-refractivity contribution in [3.05, 3.63) is 52.2 Å². The zero-order valence-corrected chi connectivity index (χ0v) is 13.8. The molecule has 0 unspecified atom stereocenters. The quantitative estimate of drug-likeness (QED) is 0.776. The summed E-state index contributed by atoms with van der Waals surface area (Å²) in [5.41, 5.74) is 2.78. The molecule has 1 fully saturated rings. The highest BCUT2D eigenvalue weighted by molar-refractivity contribution is 7.19. The average Bonchev–Trinajstić information content (AvgIpc) is 3.13. The molecule has 1 aromatic carbocycles. The van der Waals surface area contributed by atoms with Gasteiger partial charge in [-0.2, -0.15) is 0 Å². The molecular weight excluding hydrogens is 302 g/mol. The molecule has 2 aromatic heterocycles. The molecule has 0 radical (unpaired) electrons. The summed E-state index contributed by atoms with van der Waals surface area (Å²) in [6.07, 6.45) is 7.03. The molecule has 2 aliphatic carbocycles. The summed E-state index contributed by atoms with van der Waals surface area (Å²) in [6, 6.07) is 11.1. The zero-order valence-electron chi connectivity index (χ0n) is 13.0. The van der Waals surface area contributed by atoms with Gasteiger partial charge in [0.25, 0.3) is 0 Å². The average molecular weight is 321 g/mol. The first-order valence-electron chi connectivity index (χ1n) is 8.48. The van der Waals surface area contributed by atoms with Crippen molar-refractivity contribution in [2.45, 2.75) is 44.6 Å². The number of aromatic nitrogens is 2. The Kier molecular flexibility index (Phi) is 3.11. The largest absolute Gasteiger partial charge is 0.367 e. The second kappa shape index (κ2) is 5.31. The number of anilines is 1. The van der Waals surface area contributed by atoms with Gasteiger partial charge >= 0.3 is 0 Å². The van der Waals surface area contributed by atoms with E-state index in [9.17, 15) is 0 Å². The minimum atomic E-state index is 0.620. The standard InChI is InChI=1S/C19H19N3S/c1-2-5-12(6-3-1)11-16-21-18(20-13-9-10-13)17-14-7-4-8-15(14)23-19(17)22-16/h1-3,5-6,13H,4,7-11H2,(H,20,21,22). The van der Waals surface area contributed by atoms with E-state index in [-0.39, 0.29) is 0 Å². The van der Waals surface area contributed by atoms with Gasteiger partial charge in [0.2, 0.25) is 0 Å². The minimum Gasteiger partial charge on any atom is -0.367 e. The molecule has 1 saturated carbocycles. The summed E-state index contributed by atoms with van der Waals surface area (Å²) in [7, 11) is 0. The van der Waals surface area contributed by atoms with Crippen molar-refractivity contribution in [2.75, 3.05) is 5.32 Å². The van der Waals surface area contributed by atoms with Crippen LogP contribution in [0.5, 0.6) is 0 Å². The first-order chi connectivity index (χ1) is 11.4. The Bertz CT molecular complexity index is 865. The van der Waals surface area contributed by atoms with Crippen molar-refractivity contribution in [2.24, 2.45) is 0 Å². The van der Waals surface area contributed by atoms with E-state index in [0.717, 1.165) is 18.1 Å². The van der Waals surface area contributed by atoms with Crippen LogP contribution in [0.25, 0.3) is 10.2 Å². The molecule has 2 heterocycles. The van der Waals surface area contributed by atoms with E-state index in [1.165, 1.54) is 58.3 Å². The Morgan fingerprint density at radius 3 is 2.78 bits per heavy atom. The number of hydrogen-bond acceptors (Lipinski definition) is 4. The monoisotopic (exact) mass is 321 g/mol. The van der Waals surface area contributed by atoms with Crippen molar-refractivity contribution in [3.8, 4) is 0 Å². The van der Waals surface area contributed by atoms with Gasteiger partial charge in [0, 0.05) is 17.3 Å². The molecule has 2 aliphatic rings. The Labute approximate surface area is 139 Å². The number of benzene rings is 1. The Balaban J connectivity index is 1.60. The fourth-order valence-electron chi connectivity index (χ4n) is 3.42. The van der Waals surface area contributed by atoms with Crippen LogP contribution < -0.4 is 5.32 Å².